The molecule has 114 valence electrons. The van der Waals surface area contributed by atoms with Crippen molar-refractivity contribution >= 4 is 44.7 Å². The molecule has 0 spiro atoms. The van der Waals surface area contributed by atoms with Gasteiger partial charge in [0.2, 0.25) is 15.9 Å². The third-order valence-electron chi connectivity index (χ3n) is 3.26. The van der Waals surface area contributed by atoms with Crippen molar-refractivity contribution in [3.8, 4) is 0 Å². The van der Waals surface area contributed by atoms with Gasteiger partial charge in [-0.15, -0.1) is 0 Å². The van der Waals surface area contributed by atoms with Gasteiger partial charge >= 0.3 is 0 Å². The average molecular weight is 348 g/mol. The number of thiocarbonyl (C=S) groups is 1. The zero-order valence-electron chi connectivity index (χ0n) is 11.2. The van der Waals surface area contributed by atoms with Crippen molar-refractivity contribution in [2.75, 3.05) is 26.7 Å². The van der Waals surface area contributed by atoms with Gasteiger partial charge < -0.3 is 10.6 Å². The van der Waals surface area contributed by atoms with Gasteiger partial charge in [-0.2, -0.15) is 4.31 Å². The summed E-state index contributed by atoms with van der Waals surface area (Å²) in [5.74, 6) is -0.249. The highest BCUT2D eigenvalue weighted by atomic mass is 35.5. The maximum atomic E-state index is 12.5. The second-order valence-electron chi connectivity index (χ2n) is 4.66. The summed E-state index contributed by atoms with van der Waals surface area (Å²) in [7, 11) is -2.19. The summed E-state index contributed by atoms with van der Waals surface area (Å²) in [4.78, 5) is 13.2. The van der Waals surface area contributed by atoms with Crippen LogP contribution in [-0.4, -0.2) is 55.2 Å². The van der Waals surface area contributed by atoms with Gasteiger partial charge in [0, 0.05) is 25.7 Å². The number of rotatable bonds is 3. The van der Waals surface area contributed by atoms with Crippen molar-refractivity contribution in [3.63, 3.8) is 0 Å². The lowest BCUT2D eigenvalue weighted by Crippen LogP contribution is -2.50. The first-order valence-electron chi connectivity index (χ1n) is 6.07. The summed E-state index contributed by atoms with van der Waals surface area (Å²) in [5, 5.41) is 0.0340. The minimum absolute atomic E-state index is 0.0340. The van der Waals surface area contributed by atoms with Crippen molar-refractivity contribution in [2.24, 2.45) is 5.73 Å². The fourth-order valence-corrected chi connectivity index (χ4v) is 3.97. The lowest BCUT2D eigenvalue weighted by atomic mass is 10.2. The summed E-state index contributed by atoms with van der Waals surface area (Å²) in [6.07, 6.45) is 0. The Hall–Kier alpha value is -1.22. The highest BCUT2D eigenvalue weighted by Gasteiger charge is 2.32. The van der Waals surface area contributed by atoms with Crippen molar-refractivity contribution in [1.82, 2.24) is 9.21 Å². The molecule has 1 amide bonds. The van der Waals surface area contributed by atoms with E-state index < -0.39 is 10.0 Å². The second kappa shape index (κ2) is 5.88. The van der Waals surface area contributed by atoms with Gasteiger partial charge in [0.05, 0.1) is 11.6 Å². The molecule has 0 aliphatic carbocycles. The molecule has 1 aliphatic rings. The predicted octanol–water partition coefficient (Wildman–Crippen LogP) is 0.437. The summed E-state index contributed by atoms with van der Waals surface area (Å²) in [6.45, 7) is 0.394. The number of carbonyl (C=O) groups excluding carboxylic acids is 1. The fraction of sp³-hybridized carbons (Fsp3) is 0.333. The molecule has 0 aromatic heterocycles. The van der Waals surface area contributed by atoms with Crippen LogP contribution in [0.25, 0.3) is 0 Å². The van der Waals surface area contributed by atoms with E-state index in [9.17, 15) is 13.2 Å². The molecule has 1 saturated heterocycles. The van der Waals surface area contributed by atoms with Crippen LogP contribution in [0.5, 0.6) is 0 Å². The van der Waals surface area contributed by atoms with Gasteiger partial charge in [-0.1, -0.05) is 29.9 Å². The van der Waals surface area contributed by atoms with Gasteiger partial charge in [0.15, 0.2) is 0 Å². The number of amides is 1. The number of halogens is 1. The number of nitrogens with two attached hydrogens (primary N) is 1. The molecule has 9 heteroatoms. The zero-order chi connectivity index (χ0) is 15.8. The SMILES string of the molecule is CN1CCN(S(=O)(=O)c2ccc(C(N)=S)cc2Cl)CC1=O. The van der Waals surface area contributed by atoms with Crippen LogP contribution in [0.2, 0.25) is 5.02 Å². The Morgan fingerprint density at radius 2 is 2.05 bits per heavy atom. The van der Waals surface area contributed by atoms with E-state index in [1.165, 1.54) is 23.1 Å². The van der Waals surface area contributed by atoms with Crippen LogP contribution in [-0.2, 0) is 14.8 Å². The summed E-state index contributed by atoms with van der Waals surface area (Å²) < 4.78 is 26.2. The normalized spacial score (nSPS) is 17.0. The van der Waals surface area contributed by atoms with Crippen LogP contribution in [0, 0.1) is 0 Å². The number of carbonyl (C=O) groups is 1. The quantitative estimate of drug-likeness (QED) is 0.802. The van der Waals surface area contributed by atoms with Crippen molar-refractivity contribution in [2.45, 2.75) is 4.90 Å². The van der Waals surface area contributed by atoms with Crippen LogP contribution >= 0.6 is 23.8 Å². The molecule has 1 aromatic carbocycles. The number of hydrogen-bond donors (Lipinski definition) is 1. The van der Waals surface area contributed by atoms with E-state index in [1.54, 1.807) is 7.05 Å². The maximum Gasteiger partial charge on any atom is 0.245 e. The van der Waals surface area contributed by atoms with Gasteiger partial charge in [-0.25, -0.2) is 8.42 Å². The number of likely N-dealkylation sites (N-methyl/N-ethyl adjacent to an activating group) is 1. The summed E-state index contributed by atoms with van der Waals surface area (Å²) in [5.41, 5.74) is 5.97. The first-order valence-corrected chi connectivity index (χ1v) is 8.29. The van der Waals surface area contributed by atoms with Gasteiger partial charge in [-0.3, -0.25) is 4.79 Å². The fourth-order valence-electron chi connectivity index (χ4n) is 1.94. The highest BCUT2D eigenvalue weighted by molar-refractivity contribution is 7.89. The third-order valence-corrected chi connectivity index (χ3v) is 5.82. The molecule has 1 heterocycles. The molecule has 0 atom stereocenters. The Balaban J connectivity index is 2.36. The standard InChI is InChI=1S/C12H14ClN3O3S2/c1-15-4-5-16(7-11(15)17)21(18,19)10-3-2-8(12(14)20)6-9(10)13/h2-3,6H,4-5,7H2,1H3,(H2,14,20). The molecule has 2 rings (SSSR count). The van der Waals surface area contributed by atoms with Gasteiger partial charge in [-0.05, 0) is 12.1 Å². The molecule has 1 aromatic rings. The number of piperazine rings is 1. The number of hydrogen-bond acceptors (Lipinski definition) is 4. The summed E-state index contributed by atoms with van der Waals surface area (Å²) >= 11 is 10.8. The molecule has 21 heavy (non-hydrogen) atoms. The summed E-state index contributed by atoms with van der Waals surface area (Å²) in [6, 6.07) is 4.27. The molecular weight excluding hydrogens is 334 g/mol. The molecule has 1 aliphatic heterocycles. The van der Waals surface area contributed by atoms with Crippen LogP contribution in [0.15, 0.2) is 23.1 Å². The first kappa shape index (κ1) is 16.2. The largest absolute Gasteiger partial charge is 0.389 e. The smallest absolute Gasteiger partial charge is 0.245 e. The molecule has 1 fully saturated rings. The van der Waals surface area contributed by atoms with E-state index in [4.69, 9.17) is 29.6 Å². The molecule has 2 N–H and O–H groups in total. The minimum Gasteiger partial charge on any atom is -0.389 e. The van der Waals surface area contributed by atoms with Crippen LogP contribution < -0.4 is 5.73 Å². The van der Waals surface area contributed by atoms with Crippen LogP contribution in [0.4, 0.5) is 0 Å². The lowest BCUT2D eigenvalue weighted by Gasteiger charge is -2.31. The third kappa shape index (κ3) is 3.18. The number of sulfonamides is 1. The van der Waals surface area contributed by atoms with Gasteiger partial charge in [0.1, 0.15) is 9.88 Å². The van der Waals surface area contributed by atoms with E-state index in [-0.39, 0.29) is 33.9 Å². The average Bonchev–Trinajstić information content (AvgIpc) is 2.41. The number of nitrogens with zero attached hydrogens (tertiary/aromatic N) is 2. The van der Waals surface area contributed by atoms with Crippen molar-refractivity contribution in [1.29, 1.82) is 0 Å². The van der Waals surface area contributed by atoms with E-state index in [2.05, 4.69) is 0 Å². The van der Waals surface area contributed by atoms with Crippen LogP contribution in [0.1, 0.15) is 5.56 Å². The number of benzene rings is 1. The zero-order valence-corrected chi connectivity index (χ0v) is 13.6. The van der Waals surface area contributed by atoms with E-state index in [0.717, 1.165) is 4.31 Å². The Kier molecular flexibility index (Phi) is 4.52. The highest BCUT2D eigenvalue weighted by Crippen LogP contribution is 2.26. The predicted molar refractivity (Wildman–Crippen MR) is 83.7 cm³/mol. The topological polar surface area (TPSA) is 83.7 Å². The van der Waals surface area contributed by atoms with Crippen molar-refractivity contribution < 1.29 is 13.2 Å². The Bertz CT molecular complexity index is 706. The monoisotopic (exact) mass is 347 g/mol. The maximum absolute atomic E-state index is 12.5. The molecule has 0 unspecified atom stereocenters. The van der Waals surface area contributed by atoms with Crippen LogP contribution in [0.3, 0.4) is 0 Å². The Morgan fingerprint density at radius 3 is 2.57 bits per heavy atom. The minimum atomic E-state index is -3.82. The Labute approximate surface area is 133 Å². The molecule has 0 saturated carbocycles. The van der Waals surface area contributed by atoms with E-state index in [0.29, 0.717) is 12.1 Å². The first-order chi connectivity index (χ1) is 9.73. The van der Waals surface area contributed by atoms with Crippen molar-refractivity contribution in [3.05, 3.63) is 28.8 Å². The lowest BCUT2D eigenvalue weighted by molar-refractivity contribution is -0.132. The van der Waals surface area contributed by atoms with Gasteiger partial charge in [0.25, 0.3) is 0 Å². The van der Waals surface area contributed by atoms with E-state index >= 15 is 0 Å². The Morgan fingerprint density at radius 1 is 1.38 bits per heavy atom. The molecule has 0 radical (unpaired) electrons. The second-order valence-corrected chi connectivity index (χ2v) is 7.42. The molecule has 0 bridgehead atoms. The molecular formula is C12H14ClN3O3S2. The molecule has 6 nitrogen and oxygen atoms in total. The van der Waals surface area contributed by atoms with E-state index in [1.807, 2.05) is 0 Å².